The monoisotopic (exact) mass is 436 g/mol. The lowest BCUT2D eigenvalue weighted by Gasteiger charge is -2.45. The highest BCUT2D eigenvalue weighted by atomic mass is 16.5. The summed E-state index contributed by atoms with van der Waals surface area (Å²) in [6, 6.07) is 14.7. The average Bonchev–Trinajstić information content (AvgIpc) is 2.82. The number of rotatable bonds is 6. The standard InChI is InChI=1S/C26H32N2O4/c1-18-9-12-21(13-10-18)27-17-24(29)28(16-19-7-5-4-6-8-19)25(26(27)30)20-11-14-22(31-2)23(15-20)32-3/h4-8,11,14-15,18,21,25H,9-10,12-13,16-17H2,1-3H3. The molecule has 0 N–H and O–H groups in total. The number of hydrogen-bond donors (Lipinski definition) is 0. The Morgan fingerprint density at radius 1 is 0.906 bits per heavy atom. The van der Waals surface area contributed by atoms with Crippen LogP contribution in [0.25, 0.3) is 0 Å². The molecule has 2 aromatic carbocycles. The summed E-state index contributed by atoms with van der Waals surface area (Å²) in [6.45, 7) is 2.79. The second-order valence-corrected chi connectivity index (χ2v) is 8.90. The fraction of sp³-hybridized carbons (Fsp3) is 0.462. The van der Waals surface area contributed by atoms with Crippen molar-refractivity contribution in [3.63, 3.8) is 0 Å². The van der Waals surface area contributed by atoms with E-state index in [1.165, 1.54) is 0 Å². The van der Waals surface area contributed by atoms with Crippen molar-refractivity contribution in [2.24, 2.45) is 5.92 Å². The molecule has 2 aromatic rings. The van der Waals surface area contributed by atoms with Gasteiger partial charge in [-0.25, -0.2) is 0 Å². The summed E-state index contributed by atoms with van der Waals surface area (Å²) in [5.41, 5.74) is 1.74. The molecule has 6 nitrogen and oxygen atoms in total. The zero-order valence-corrected chi connectivity index (χ0v) is 19.1. The molecule has 0 bridgehead atoms. The van der Waals surface area contributed by atoms with Crippen molar-refractivity contribution in [1.82, 2.24) is 9.80 Å². The minimum absolute atomic E-state index is 0.00713. The van der Waals surface area contributed by atoms with E-state index in [4.69, 9.17) is 9.47 Å². The van der Waals surface area contributed by atoms with Crippen LogP contribution < -0.4 is 9.47 Å². The third-order valence-corrected chi connectivity index (χ3v) is 6.80. The molecule has 1 aliphatic carbocycles. The first kappa shape index (κ1) is 22.2. The molecule has 2 fully saturated rings. The lowest BCUT2D eigenvalue weighted by Crippen LogP contribution is -2.58. The van der Waals surface area contributed by atoms with Crippen LogP contribution in [0, 0.1) is 5.92 Å². The maximum Gasteiger partial charge on any atom is 0.250 e. The van der Waals surface area contributed by atoms with E-state index in [-0.39, 0.29) is 24.4 Å². The first-order chi connectivity index (χ1) is 15.5. The highest BCUT2D eigenvalue weighted by molar-refractivity contribution is 5.96. The molecule has 0 radical (unpaired) electrons. The van der Waals surface area contributed by atoms with Crippen molar-refractivity contribution in [2.75, 3.05) is 20.8 Å². The van der Waals surface area contributed by atoms with Gasteiger partial charge in [0.15, 0.2) is 11.5 Å². The molecule has 170 valence electrons. The van der Waals surface area contributed by atoms with Crippen molar-refractivity contribution in [2.45, 2.75) is 51.2 Å². The number of methoxy groups -OCH3 is 2. The summed E-state index contributed by atoms with van der Waals surface area (Å²) >= 11 is 0. The van der Waals surface area contributed by atoms with E-state index in [9.17, 15) is 9.59 Å². The maximum atomic E-state index is 13.9. The van der Waals surface area contributed by atoms with Crippen molar-refractivity contribution < 1.29 is 19.1 Å². The minimum atomic E-state index is -0.685. The van der Waals surface area contributed by atoms with E-state index in [0.29, 0.717) is 24.0 Å². The second-order valence-electron chi connectivity index (χ2n) is 8.90. The van der Waals surface area contributed by atoms with Gasteiger partial charge in [0.25, 0.3) is 5.91 Å². The largest absolute Gasteiger partial charge is 0.493 e. The Hall–Kier alpha value is -3.02. The molecule has 1 heterocycles. The summed E-state index contributed by atoms with van der Waals surface area (Å²) in [5, 5.41) is 0. The summed E-state index contributed by atoms with van der Waals surface area (Å²) in [5.74, 6) is 1.80. The third-order valence-electron chi connectivity index (χ3n) is 6.80. The van der Waals surface area contributed by atoms with Crippen molar-refractivity contribution in [1.29, 1.82) is 0 Å². The van der Waals surface area contributed by atoms with Crippen LogP contribution in [-0.2, 0) is 16.1 Å². The molecule has 1 saturated heterocycles. The Balaban J connectivity index is 1.70. The van der Waals surface area contributed by atoms with Gasteiger partial charge < -0.3 is 19.3 Å². The molecule has 1 aliphatic heterocycles. The van der Waals surface area contributed by atoms with E-state index < -0.39 is 6.04 Å². The molecular formula is C26H32N2O4. The average molecular weight is 437 g/mol. The molecule has 4 rings (SSSR count). The van der Waals surface area contributed by atoms with Gasteiger partial charge in [0.05, 0.1) is 14.2 Å². The first-order valence-corrected chi connectivity index (χ1v) is 11.4. The number of nitrogens with zero attached hydrogens (tertiary/aromatic N) is 2. The predicted molar refractivity (Wildman–Crippen MR) is 122 cm³/mol. The Bertz CT molecular complexity index is 954. The highest BCUT2D eigenvalue weighted by Gasteiger charge is 2.43. The van der Waals surface area contributed by atoms with Crippen molar-refractivity contribution in [3.05, 3.63) is 59.7 Å². The van der Waals surface area contributed by atoms with Gasteiger partial charge in [-0.1, -0.05) is 43.3 Å². The number of carbonyl (C=O) groups is 2. The smallest absolute Gasteiger partial charge is 0.250 e. The Morgan fingerprint density at radius 3 is 2.25 bits per heavy atom. The van der Waals surface area contributed by atoms with Gasteiger partial charge in [-0.05, 0) is 54.9 Å². The predicted octanol–water partition coefficient (Wildman–Crippen LogP) is 4.19. The molecule has 2 aliphatic rings. The number of piperazine rings is 1. The number of benzene rings is 2. The fourth-order valence-electron chi connectivity index (χ4n) is 4.92. The van der Waals surface area contributed by atoms with E-state index in [2.05, 4.69) is 6.92 Å². The topological polar surface area (TPSA) is 59.1 Å². The summed E-state index contributed by atoms with van der Waals surface area (Å²) in [6.07, 6.45) is 4.10. The molecule has 1 unspecified atom stereocenters. The molecule has 1 saturated carbocycles. The molecule has 32 heavy (non-hydrogen) atoms. The fourth-order valence-corrected chi connectivity index (χ4v) is 4.92. The second kappa shape index (κ2) is 9.63. The quantitative estimate of drug-likeness (QED) is 0.681. The van der Waals surface area contributed by atoms with Crippen LogP contribution in [0.5, 0.6) is 11.5 Å². The van der Waals surface area contributed by atoms with Gasteiger partial charge in [-0.3, -0.25) is 9.59 Å². The zero-order valence-electron chi connectivity index (χ0n) is 19.1. The molecular weight excluding hydrogens is 404 g/mol. The highest BCUT2D eigenvalue weighted by Crippen LogP contribution is 2.37. The summed E-state index contributed by atoms with van der Waals surface area (Å²) < 4.78 is 10.9. The Kier molecular flexibility index (Phi) is 6.68. The van der Waals surface area contributed by atoms with Crippen LogP contribution in [0.2, 0.25) is 0 Å². The van der Waals surface area contributed by atoms with E-state index in [1.54, 1.807) is 25.2 Å². The molecule has 0 spiro atoms. The van der Waals surface area contributed by atoms with E-state index in [0.717, 1.165) is 36.8 Å². The molecule has 0 aromatic heterocycles. The number of carbonyl (C=O) groups excluding carboxylic acids is 2. The van der Waals surface area contributed by atoms with Gasteiger partial charge in [-0.15, -0.1) is 0 Å². The van der Waals surface area contributed by atoms with Gasteiger partial charge in [0.2, 0.25) is 5.91 Å². The molecule has 1 atom stereocenters. The first-order valence-electron chi connectivity index (χ1n) is 11.4. The van der Waals surface area contributed by atoms with E-state index >= 15 is 0 Å². The lowest BCUT2D eigenvalue weighted by molar-refractivity contribution is -0.160. The third kappa shape index (κ3) is 4.45. The summed E-state index contributed by atoms with van der Waals surface area (Å²) in [4.78, 5) is 30.8. The lowest BCUT2D eigenvalue weighted by atomic mass is 9.85. The van der Waals surface area contributed by atoms with Crippen LogP contribution in [0.4, 0.5) is 0 Å². The van der Waals surface area contributed by atoms with Crippen molar-refractivity contribution in [3.8, 4) is 11.5 Å². The van der Waals surface area contributed by atoms with Crippen LogP contribution in [0.3, 0.4) is 0 Å². The minimum Gasteiger partial charge on any atom is -0.493 e. The SMILES string of the molecule is COc1ccc(C2C(=O)N(C3CCC(C)CC3)CC(=O)N2Cc2ccccc2)cc1OC. The van der Waals surface area contributed by atoms with Crippen LogP contribution in [0.15, 0.2) is 48.5 Å². The summed E-state index contributed by atoms with van der Waals surface area (Å²) in [7, 11) is 3.16. The van der Waals surface area contributed by atoms with Gasteiger partial charge in [0.1, 0.15) is 12.6 Å². The molecule has 2 amide bonds. The van der Waals surface area contributed by atoms with Crippen molar-refractivity contribution >= 4 is 11.8 Å². The number of hydrogen-bond acceptors (Lipinski definition) is 4. The molecule has 6 heteroatoms. The van der Waals surface area contributed by atoms with Crippen LogP contribution in [0.1, 0.15) is 49.8 Å². The van der Waals surface area contributed by atoms with Crippen LogP contribution in [-0.4, -0.2) is 48.4 Å². The van der Waals surface area contributed by atoms with Crippen LogP contribution >= 0.6 is 0 Å². The van der Waals surface area contributed by atoms with Gasteiger partial charge >= 0.3 is 0 Å². The number of amides is 2. The normalized spacial score (nSPS) is 23.9. The number of ether oxygens (including phenoxy) is 2. The zero-order chi connectivity index (χ0) is 22.7. The van der Waals surface area contributed by atoms with E-state index in [1.807, 2.05) is 47.4 Å². The maximum absolute atomic E-state index is 13.9. The van der Waals surface area contributed by atoms with Gasteiger partial charge in [-0.2, -0.15) is 0 Å². The Labute approximate surface area is 190 Å². The Morgan fingerprint density at radius 2 is 1.59 bits per heavy atom. The van der Waals surface area contributed by atoms with Gasteiger partial charge in [0, 0.05) is 12.6 Å².